The van der Waals surface area contributed by atoms with Crippen molar-refractivity contribution in [3.8, 4) is 0 Å². The monoisotopic (exact) mass is 460 g/mol. The Morgan fingerprint density at radius 3 is 2.55 bits per heavy atom. The van der Waals surface area contributed by atoms with E-state index < -0.39 is 28.8 Å². The summed E-state index contributed by atoms with van der Waals surface area (Å²) in [4.78, 5) is 46.0. The molecule has 3 aliphatic carbocycles. The number of nitrogens with zero attached hydrogens (tertiary/aromatic N) is 2. The van der Waals surface area contributed by atoms with Crippen molar-refractivity contribution in [3.63, 3.8) is 0 Å². The fourth-order valence-corrected chi connectivity index (χ4v) is 6.01. The van der Waals surface area contributed by atoms with E-state index in [9.17, 15) is 14.4 Å². The van der Waals surface area contributed by atoms with Gasteiger partial charge in [-0.05, 0) is 54.0 Å². The van der Waals surface area contributed by atoms with Crippen LogP contribution >= 0.6 is 23.2 Å². The number of rotatable bonds is 2. The highest BCUT2D eigenvalue weighted by molar-refractivity contribution is 6.32. The summed E-state index contributed by atoms with van der Waals surface area (Å²) >= 11 is 11.7. The molecule has 2 unspecified atom stereocenters. The maximum absolute atomic E-state index is 12.9. The number of carbonyl (C=O) groups is 3. The number of esters is 1. The molecule has 4 atom stereocenters. The maximum Gasteiger partial charge on any atom is 0.357 e. The van der Waals surface area contributed by atoms with Crippen molar-refractivity contribution < 1.29 is 19.1 Å². The molecule has 31 heavy (non-hydrogen) atoms. The van der Waals surface area contributed by atoms with E-state index in [0.29, 0.717) is 12.0 Å². The van der Waals surface area contributed by atoms with Crippen LogP contribution in [0.15, 0.2) is 41.5 Å². The SMILES string of the molecule is CC1=CC[C@H]2C(C)(C)C3C(=O)C=CC(=O)C3=C[C@]2(C)C1OC(=O)c1cc(Cl)nc(Cl)n1. The first-order valence-electron chi connectivity index (χ1n) is 10.0. The molecule has 0 saturated carbocycles. The van der Waals surface area contributed by atoms with Crippen molar-refractivity contribution in [3.05, 3.63) is 57.6 Å². The minimum Gasteiger partial charge on any atom is -0.452 e. The van der Waals surface area contributed by atoms with E-state index in [2.05, 4.69) is 9.97 Å². The van der Waals surface area contributed by atoms with Crippen LogP contribution in [0, 0.1) is 22.7 Å². The summed E-state index contributed by atoms with van der Waals surface area (Å²) in [6, 6.07) is 1.30. The summed E-state index contributed by atoms with van der Waals surface area (Å²) in [7, 11) is 0. The third-order valence-electron chi connectivity index (χ3n) is 6.89. The number of carbonyl (C=O) groups excluding carboxylic acids is 3. The smallest absolute Gasteiger partial charge is 0.357 e. The van der Waals surface area contributed by atoms with Crippen LogP contribution in [0.4, 0.5) is 0 Å². The third kappa shape index (κ3) is 3.46. The van der Waals surface area contributed by atoms with Gasteiger partial charge in [0.15, 0.2) is 17.3 Å². The van der Waals surface area contributed by atoms with Crippen molar-refractivity contribution in [1.82, 2.24) is 9.97 Å². The van der Waals surface area contributed by atoms with Crippen LogP contribution < -0.4 is 0 Å². The molecule has 0 radical (unpaired) electrons. The molecule has 8 heteroatoms. The summed E-state index contributed by atoms with van der Waals surface area (Å²) in [5.74, 6) is -1.47. The van der Waals surface area contributed by atoms with Gasteiger partial charge in [-0.25, -0.2) is 14.8 Å². The molecular formula is C23H22Cl2N2O4. The molecule has 1 aromatic heterocycles. The molecule has 0 aliphatic heterocycles. The summed E-state index contributed by atoms with van der Waals surface area (Å²) < 4.78 is 5.93. The van der Waals surface area contributed by atoms with Crippen LogP contribution in [0.5, 0.6) is 0 Å². The van der Waals surface area contributed by atoms with Gasteiger partial charge in [0.05, 0.1) is 5.92 Å². The minimum absolute atomic E-state index is 0.0314. The zero-order chi connectivity index (χ0) is 22.7. The van der Waals surface area contributed by atoms with Crippen molar-refractivity contribution in [2.75, 3.05) is 0 Å². The second-order valence-corrected chi connectivity index (χ2v) is 9.91. The Kier molecular flexibility index (Phi) is 5.22. The van der Waals surface area contributed by atoms with E-state index in [-0.39, 0.29) is 33.6 Å². The van der Waals surface area contributed by atoms with Gasteiger partial charge in [0, 0.05) is 17.1 Å². The lowest BCUT2D eigenvalue weighted by Crippen LogP contribution is -2.56. The molecule has 0 saturated heterocycles. The van der Waals surface area contributed by atoms with Gasteiger partial charge >= 0.3 is 5.97 Å². The van der Waals surface area contributed by atoms with Crippen LogP contribution in [0.25, 0.3) is 0 Å². The Labute approximate surface area is 190 Å². The number of ketones is 2. The van der Waals surface area contributed by atoms with Gasteiger partial charge < -0.3 is 4.74 Å². The molecule has 0 amide bonds. The number of halogens is 2. The summed E-state index contributed by atoms with van der Waals surface area (Å²) in [6.07, 6.45) is 6.65. The molecule has 1 aromatic rings. The minimum atomic E-state index is -0.689. The predicted molar refractivity (Wildman–Crippen MR) is 116 cm³/mol. The van der Waals surface area contributed by atoms with Gasteiger partial charge in [0.25, 0.3) is 0 Å². The molecule has 3 aliphatic rings. The zero-order valence-electron chi connectivity index (χ0n) is 17.6. The molecule has 1 heterocycles. The van der Waals surface area contributed by atoms with Gasteiger partial charge in [-0.3, -0.25) is 9.59 Å². The van der Waals surface area contributed by atoms with E-state index in [1.54, 1.807) is 0 Å². The molecule has 0 aromatic carbocycles. The number of aromatic nitrogens is 2. The van der Waals surface area contributed by atoms with E-state index in [1.165, 1.54) is 18.2 Å². The Morgan fingerprint density at radius 1 is 1.16 bits per heavy atom. The standard InChI is InChI=1S/C23H22Cl2N2O4/c1-11-5-8-16-22(2,3)18-12(14(28)6-7-15(18)29)10-23(16,4)19(11)31-20(30)13-9-17(24)27-21(25)26-13/h5-7,9-10,16,18-19H,8H2,1-4H3/t16-,18?,19?,23-/m0/s1. The van der Waals surface area contributed by atoms with Crippen LogP contribution in [-0.4, -0.2) is 33.6 Å². The quantitative estimate of drug-likeness (QED) is 0.278. The number of ether oxygens (including phenoxy) is 1. The molecule has 0 fully saturated rings. The number of hydrogen-bond donors (Lipinski definition) is 0. The van der Waals surface area contributed by atoms with Crippen LogP contribution in [0.1, 0.15) is 44.6 Å². The average molecular weight is 461 g/mol. The van der Waals surface area contributed by atoms with E-state index in [1.807, 2.05) is 39.8 Å². The van der Waals surface area contributed by atoms with Crippen LogP contribution in [0.2, 0.25) is 10.4 Å². The van der Waals surface area contributed by atoms with Crippen molar-refractivity contribution >= 4 is 40.7 Å². The lowest BCUT2D eigenvalue weighted by molar-refractivity contribution is -0.130. The molecule has 0 spiro atoms. The first-order valence-corrected chi connectivity index (χ1v) is 10.8. The third-order valence-corrected chi connectivity index (χ3v) is 7.26. The second-order valence-electron chi connectivity index (χ2n) is 9.19. The highest BCUT2D eigenvalue weighted by atomic mass is 35.5. The van der Waals surface area contributed by atoms with Crippen LogP contribution in [0.3, 0.4) is 0 Å². The first-order chi connectivity index (χ1) is 14.4. The molecular weight excluding hydrogens is 439 g/mol. The Bertz CT molecular complexity index is 1080. The van der Waals surface area contributed by atoms with Gasteiger partial charge in [0.1, 0.15) is 11.3 Å². The molecule has 162 valence electrons. The molecule has 6 nitrogen and oxygen atoms in total. The fourth-order valence-electron chi connectivity index (χ4n) is 5.61. The summed E-state index contributed by atoms with van der Waals surface area (Å²) in [5.41, 5.74) is 0.0938. The van der Waals surface area contributed by atoms with Crippen molar-refractivity contribution in [2.24, 2.45) is 22.7 Å². The Hall–Kier alpha value is -2.31. The number of hydrogen-bond acceptors (Lipinski definition) is 6. The highest BCUT2D eigenvalue weighted by Gasteiger charge is 2.59. The topological polar surface area (TPSA) is 86.2 Å². The molecule has 4 rings (SSSR count). The van der Waals surface area contributed by atoms with E-state index in [4.69, 9.17) is 27.9 Å². The van der Waals surface area contributed by atoms with E-state index >= 15 is 0 Å². The normalized spacial score (nSPS) is 31.4. The van der Waals surface area contributed by atoms with Gasteiger partial charge in [-0.2, -0.15) is 0 Å². The fraction of sp³-hybridized carbons (Fsp3) is 0.435. The molecule has 0 N–H and O–H groups in total. The highest BCUT2D eigenvalue weighted by Crippen LogP contribution is 2.60. The number of fused-ring (bicyclic) bond motifs is 2. The summed E-state index contributed by atoms with van der Waals surface area (Å²) in [6.45, 7) is 7.89. The van der Waals surface area contributed by atoms with Crippen molar-refractivity contribution in [2.45, 2.75) is 40.2 Å². The molecule has 0 bridgehead atoms. The van der Waals surface area contributed by atoms with Gasteiger partial charge in [0.2, 0.25) is 5.28 Å². The zero-order valence-corrected chi connectivity index (χ0v) is 19.1. The Morgan fingerprint density at radius 2 is 1.87 bits per heavy atom. The van der Waals surface area contributed by atoms with E-state index in [0.717, 1.165) is 5.57 Å². The van der Waals surface area contributed by atoms with Crippen molar-refractivity contribution in [1.29, 1.82) is 0 Å². The lowest BCUT2D eigenvalue weighted by Gasteiger charge is -2.56. The predicted octanol–water partition coefficient (Wildman–Crippen LogP) is 4.57. The lowest BCUT2D eigenvalue weighted by atomic mass is 9.47. The average Bonchev–Trinajstić information content (AvgIpc) is 2.66. The van der Waals surface area contributed by atoms with Crippen LogP contribution in [-0.2, 0) is 14.3 Å². The number of allylic oxidation sites excluding steroid dienone is 4. The van der Waals surface area contributed by atoms with Gasteiger partial charge in [-0.15, -0.1) is 0 Å². The van der Waals surface area contributed by atoms with Gasteiger partial charge in [-0.1, -0.05) is 44.5 Å². The largest absolute Gasteiger partial charge is 0.452 e. The Balaban J connectivity index is 1.79. The summed E-state index contributed by atoms with van der Waals surface area (Å²) in [5, 5.41) is -0.116. The maximum atomic E-state index is 12.9. The first kappa shape index (κ1) is 21.9. The second kappa shape index (κ2) is 7.38.